The molecule has 0 bridgehead atoms. The van der Waals surface area contributed by atoms with E-state index < -0.39 is 38.4 Å². The minimum absolute atomic E-state index is 0.0245. The van der Waals surface area contributed by atoms with E-state index in [1.165, 1.54) is 13.1 Å². The Morgan fingerprint density at radius 2 is 1.66 bits per heavy atom. The number of anilines is 1. The van der Waals surface area contributed by atoms with Crippen LogP contribution in [0.3, 0.4) is 0 Å². The maximum absolute atomic E-state index is 14.4. The summed E-state index contributed by atoms with van der Waals surface area (Å²) in [6.07, 6.45) is -4.60. The third-order valence-corrected chi connectivity index (χ3v) is 6.40. The molecule has 0 saturated carbocycles. The number of alkyl halides is 3. The van der Waals surface area contributed by atoms with E-state index in [1.807, 2.05) is 0 Å². The lowest BCUT2D eigenvalue weighted by Crippen LogP contribution is -2.27. The highest BCUT2D eigenvalue weighted by atomic mass is 32.2. The number of carbonyl (C=O) groups is 1. The Hall–Kier alpha value is -3.24. The molecular weight excluding hydrogens is 448 g/mol. The molecule has 168 valence electrons. The van der Waals surface area contributed by atoms with Gasteiger partial charge >= 0.3 is 6.18 Å². The van der Waals surface area contributed by atoms with Crippen LogP contribution in [-0.4, -0.2) is 25.7 Å². The van der Waals surface area contributed by atoms with Gasteiger partial charge in [0, 0.05) is 24.8 Å². The van der Waals surface area contributed by atoms with Crippen LogP contribution in [0.2, 0.25) is 0 Å². The van der Waals surface area contributed by atoms with E-state index >= 15 is 0 Å². The number of halogens is 4. The average molecular weight is 466 g/mol. The molecule has 0 fully saturated rings. The topological polar surface area (TPSA) is 66.5 Å². The van der Waals surface area contributed by atoms with E-state index in [4.69, 9.17) is 0 Å². The fourth-order valence-corrected chi connectivity index (χ4v) is 4.16. The molecule has 0 radical (unpaired) electrons. The Morgan fingerprint density at radius 3 is 2.31 bits per heavy atom. The summed E-state index contributed by atoms with van der Waals surface area (Å²) in [7, 11) is -3.02. The molecule has 3 rings (SSSR count). The maximum Gasteiger partial charge on any atom is 0.416 e. The molecule has 0 aliphatic rings. The Labute approximate surface area is 182 Å². The highest BCUT2D eigenvalue weighted by Crippen LogP contribution is 2.31. The molecule has 0 aliphatic heterocycles. The zero-order valence-corrected chi connectivity index (χ0v) is 17.5. The van der Waals surface area contributed by atoms with Crippen LogP contribution < -0.4 is 5.32 Å². The van der Waals surface area contributed by atoms with Gasteiger partial charge in [0.15, 0.2) is 0 Å². The van der Waals surface area contributed by atoms with Gasteiger partial charge < -0.3 is 5.32 Å². The van der Waals surface area contributed by atoms with Crippen molar-refractivity contribution in [1.29, 1.82) is 0 Å². The SMILES string of the molecule is CN(Cc1ccccc1)S(=O)(=O)c1cc(C(=O)Nc2cccc(C(F)(F)F)c2)ccc1F. The van der Waals surface area contributed by atoms with Gasteiger partial charge in [0.1, 0.15) is 10.7 Å². The summed E-state index contributed by atoms with van der Waals surface area (Å²) < 4.78 is 79.7. The van der Waals surface area contributed by atoms with Crippen molar-refractivity contribution in [3.8, 4) is 0 Å². The highest BCUT2D eigenvalue weighted by Gasteiger charge is 2.30. The van der Waals surface area contributed by atoms with Gasteiger partial charge in [0.05, 0.1) is 5.56 Å². The number of sulfonamides is 1. The van der Waals surface area contributed by atoms with Crippen molar-refractivity contribution in [3.63, 3.8) is 0 Å². The smallest absolute Gasteiger partial charge is 0.322 e. The molecule has 0 heterocycles. The summed E-state index contributed by atoms with van der Waals surface area (Å²) in [5.74, 6) is -1.94. The lowest BCUT2D eigenvalue weighted by Gasteiger charge is -2.18. The zero-order valence-electron chi connectivity index (χ0n) is 16.7. The van der Waals surface area contributed by atoms with E-state index in [0.29, 0.717) is 5.56 Å². The fraction of sp³-hybridized carbons (Fsp3) is 0.136. The highest BCUT2D eigenvalue weighted by molar-refractivity contribution is 7.89. The van der Waals surface area contributed by atoms with Crippen LogP contribution >= 0.6 is 0 Å². The summed E-state index contributed by atoms with van der Waals surface area (Å²) in [5.41, 5.74) is -0.645. The Balaban J connectivity index is 1.85. The third-order valence-electron chi connectivity index (χ3n) is 4.58. The molecule has 1 N–H and O–H groups in total. The molecule has 0 aliphatic carbocycles. The van der Waals surface area contributed by atoms with Gasteiger partial charge in [0.25, 0.3) is 5.91 Å². The second-order valence-corrected chi connectivity index (χ2v) is 8.94. The molecule has 5 nitrogen and oxygen atoms in total. The summed E-state index contributed by atoms with van der Waals surface area (Å²) in [6, 6.07) is 15.3. The largest absolute Gasteiger partial charge is 0.416 e. The summed E-state index contributed by atoms with van der Waals surface area (Å²) in [6.45, 7) is -0.0245. The van der Waals surface area contributed by atoms with Gasteiger partial charge in [-0.25, -0.2) is 12.8 Å². The summed E-state index contributed by atoms with van der Waals surface area (Å²) >= 11 is 0. The van der Waals surface area contributed by atoms with Crippen LogP contribution in [0.15, 0.2) is 77.7 Å². The van der Waals surface area contributed by atoms with Gasteiger partial charge in [-0.2, -0.15) is 17.5 Å². The maximum atomic E-state index is 14.4. The Kier molecular flexibility index (Phi) is 6.65. The minimum atomic E-state index is -4.60. The molecule has 0 spiro atoms. The Morgan fingerprint density at radius 1 is 0.969 bits per heavy atom. The fourth-order valence-electron chi connectivity index (χ4n) is 2.91. The number of hydrogen-bond acceptors (Lipinski definition) is 3. The lowest BCUT2D eigenvalue weighted by atomic mass is 10.1. The number of rotatable bonds is 6. The van der Waals surface area contributed by atoms with Gasteiger partial charge in [0.2, 0.25) is 10.0 Å². The van der Waals surface area contributed by atoms with Crippen molar-refractivity contribution < 1.29 is 30.8 Å². The van der Waals surface area contributed by atoms with Crippen LogP contribution in [0.5, 0.6) is 0 Å². The van der Waals surface area contributed by atoms with Crippen molar-refractivity contribution in [3.05, 3.63) is 95.3 Å². The van der Waals surface area contributed by atoms with Crippen LogP contribution in [-0.2, 0) is 22.7 Å². The standard InChI is InChI=1S/C22H18F4N2O3S/c1-28(14-15-6-3-2-4-7-15)32(30,31)20-12-16(10-11-19(20)23)21(29)27-18-9-5-8-17(13-18)22(24,25)26/h2-13H,14H2,1H3,(H,27,29). The number of nitrogens with zero attached hydrogens (tertiary/aromatic N) is 1. The second-order valence-electron chi connectivity index (χ2n) is 6.92. The normalized spacial score (nSPS) is 12.1. The van der Waals surface area contributed by atoms with Crippen molar-refractivity contribution >= 4 is 21.6 Å². The molecule has 10 heteroatoms. The number of carbonyl (C=O) groups excluding carboxylic acids is 1. The zero-order chi connectivity index (χ0) is 23.5. The molecule has 1 amide bonds. The van der Waals surface area contributed by atoms with E-state index in [9.17, 15) is 30.8 Å². The number of benzene rings is 3. The summed E-state index contributed by atoms with van der Waals surface area (Å²) in [5, 5.41) is 2.27. The van der Waals surface area contributed by atoms with Gasteiger partial charge in [-0.1, -0.05) is 36.4 Å². The second kappa shape index (κ2) is 9.09. The van der Waals surface area contributed by atoms with Crippen molar-refractivity contribution in [2.24, 2.45) is 0 Å². The van der Waals surface area contributed by atoms with E-state index in [0.717, 1.165) is 40.7 Å². The molecular formula is C22H18F4N2O3S. The molecule has 0 atom stereocenters. The predicted octanol–water partition coefficient (Wildman–Crippen LogP) is 4.92. The van der Waals surface area contributed by atoms with Gasteiger partial charge in [-0.05, 0) is 42.0 Å². The predicted molar refractivity (Wildman–Crippen MR) is 111 cm³/mol. The third kappa shape index (κ3) is 5.32. The monoisotopic (exact) mass is 466 g/mol. The first kappa shape index (κ1) is 23.4. The number of nitrogens with one attached hydrogen (secondary N) is 1. The quantitative estimate of drug-likeness (QED) is 0.525. The number of amides is 1. The molecule has 0 unspecified atom stereocenters. The molecule has 3 aromatic carbocycles. The average Bonchev–Trinajstić information content (AvgIpc) is 2.74. The van der Waals surface area contributed by atoms with Gasteiger partial charge in [-0.3, -0.25) is 4.79 Å². The molecule has 0 saturated heterocycles. The molecule has 0 aromatic heterocycles. The first-order valence-electron chi connectivity index (χ1n) is 9.27. The van der Waals surface area contributed by atoms with E-state index in [1.54, 1.807) is 30.3 Å². The minimum Gasteiger partial charge on any atom is -0.322 e. The van der Waals surface area contributed by atoms with Crippen molar-refractivity contribution in [2.45, 2.75) is 17.6 Å². The lowest BCUT2D eigenvalue weighted by molar-refractivity contribution is -0.137. The first-order chi connectivity index (χ1) is 15.0. The van der Waals surface area contributed by atoms with Crippen molar-refractivity contribution in [1.82, 2.24) is 4.31 Å². The first-order valence-corrected chi connectivity index (χ1v) is 10.7. The Bertz CT molecular complexity index is 1230. The van der Waals surface area contributed by atoms with Crippen molar-refractivity contribution in [2.75, 3.05) is 12.4 Å². The van der Waals surface area contributed by atoms with Crippen LogP contribution in [0.1, 0.15) is 21.5 Å². The van der Waals surface area contributed by atoms with Crippen LogP contribution in [0, 0.1) is 5.82 Å². The number of hydrogen-bond donors (Lipinski definition) is 1. The van der Waals surface area contributed by atoms with E-state index in [-0.39, 0.29) is 17.8 Å². The van der Waals surface area contributed by atoms with Gasteiger partial charge in [-0.15, -0.1) is 0 Å². The summed E-state index contributed by atoms with van der Waals surface area (Å²) in [4.78, 5) is 11.8. The van der Waals surface area contributed by atoms with Crippen LogP contribution in [0.4, 0.5) is 23.2 Å². The van der Waals surface area contributed by atoms with E-state index in [2.05, 4.69) is 5.32 Å². The molecule has 3 aromatic rings. The van der Waals surface area contributed by atoms with Crippen LogP contribution in [0.25, 0.3) is 0 Å². The molecule has 32 heavy (non-hydrogen) atoms.